The van der Waals surface area contributed by atoms with Crippen LogP contribution >= 0.6 is 15.9 Å². The average molecular weight is 467 g/mol. The molecule has 8 nitrogen and oxygen atoms in total. The summed E-state index contributed by atoms with van der Waals surface area (Å²) in [4.78, 5) is 13.2. The summed E-state index contributed by atoms with van der Waals surface area (Å²) in [5.41, 5.74) is 1.23. The van der Waals surface area contributed by atoms with Crippen molar-refractivity contribution in [2.75, 3.05) is 6.54 Å². The van der Waals surface area contributed by atoms with Crippen LogP contribution in [-0.2, 0) is 6.54 Å². The Morgan fingerprint density at radius 3 is 2.66 bits per heavy atom. The summed E-state index contributed by atoms with van der Waals surface area (Å²) >= 11 is 3.59. The fraction of sp³-hybridized carbons (Fsp3) is 0.650. The summed E-state index contributed by atoms with van der Waals surface area (Å²) in [6.07, 6.45) is 0.358. The third-order valence-corrected chi connectivity index (χ3v) is 6.57. The Balaban J connectivity index is 1.66. The smallest absolute Gasteiger partial charge is 0.407 e. The van der Waals surface area contributed by atoms with Gasteiger partial charge in [0.25, 0.3) is 0 Å². The quantitative estimate of drug-likeness (QED) is 0.714. The van der Waals surface area contributed by atoms with Crippen LogP contribution in [0.3, 0.4) is 0 Å². The molecule has 9 heteroatoms. The van der Waals surface area contributed by atoms with Crippen molar-refractivity contribution in [3.63, 3.8) is 0 Å². The lowest BCUT2D eigenvalue weighted by atomic mass is 9.78. The molecule has 3 atom stereocenters. The highest BCUT2D eigenvalue weighted by molar-refractivity contribution is 9.10. The molecule has 1 aromatic heterocycles. The van der Waals surface area contributed by atoms with E-state index in [1.807, 2.05) is 37.6 Å². The first-order chi connectivity index (χ1) is 13.7. The Labute approximate surface area is 177 Å². The highest BCUT2D eigenvalue weighted by atomic mass is 79.9. The molecule has 0 spiro atoms. The van der Waals surface area contributed by atoms with Gasteiger partial charge < -0.3 is 19.8 Å². The van der Waals surface area contributed by atoms with Crippen molar-refractivity contribution in [1.82, 2.24) is 19.9 Å². The number of fused-ring (bicyclic) bond motifs is 1. The summed E-state index contributed by atoms with van der Waals surface area (Å²) < 4.78 is 8.84. The third-order valence-electron chi connectivity index (χ3n) is 5.81. The van der Waals surface area contributed by atoms with E-state index in [2.05, 4.69) is 26.2 Å². The maximum Gasteiger partial charge on any atom is 0.407 e. The molecule has 2 aliphatic rings. The zero-order chi connectivity index (χ0) is 20.9. The number of carbonyl (C=O) groups is 1. The molecule has 2 N–H and O–H groups in total. The summed E-state index contributed by atoms with van der Waals surface area (Å²) in [5.74, 6) is 1.21. The van der Waals surface area contributed by atoms with Crippen LogP contribution in [0.25, 0.3) is 11.0 Å². The van der Waals surface area contributed by atoms with Crippen molar-refractivity contribution in [2.24, 2.45) is 11.3 Å². The molecule has 1 saturated carbocycles. The molecule has 0 radical (unpaired) electrons. The number of aliphatic hydroxyl groups is 1. The van der Waals surface area contributed by atoms with E-state index in [1.54, 1.807) is 0 Å². The first-order valence-electron chi connectivity index (χ1n) is 10.0. The van der Waals surface area contributed by atoms with Gasteiger partial charge in [0.05, 0.1) is 22.1 Å². The van der Waals surface area contributed by atoms with Gasteiger partial charge in [-0.3, -0.25) is 0 Å². The maximum atomic E-state index is 11.8. The van der Waals surface area contributed by atoms with Crippen molar-refractivity contribution < 1.29 is 19.7 Å². The van der Waals surface area contributed by atoms with E-state index < -0.39 is 29.8 Å². The Morgan fingerprint density at radius 2 is 2.03 bits per heavy atom. The molecule has 3 unspecified atom stereocenters. The van der Waals surface area contributed by atoms with Crippen molar-refractivity contribution in [3.8, 4) is 5.75 Å². The minimum Gasteiger partial charge on any atom is -0.484 e. The molecule has 2 aromatic rings. The number of likely N-dealkylation sites (tertiary alicyclic amines) is 1. The van der Waals surface area contributed by atoms with Crippen LogP contribution in [0.4, 0.5) is 4.79 Å². The number of rotatable bonds is 4. The minimum absolute atomic E-state index is 0.286. The number of amides is 1. The van der Waals surface area contributed by atoms with Crippen LogP contribution in [0.5, 0.6) is 5.75 Å². The van der Waals surface area contributed by atoms with E-state index in [4.69, 9.17) is 4.74 Å². The standard InChI is InChI=1S/C20H27BrN4O4/c1-20(2,3)18-17(13(26)8-9-24(18)19(27)28)29-14-7-6-12-16(15(14)21)22-23-25(12)10-11-4-5-11/h6-7,11,13,17-18,26H,4-5,8-10H2,1-3H3,(H,27,28). The molecule has 1 saturated heterocycles. The van der Waals surface area contributed by atoms with Crippen LogP contribution in [0.2, 0.25) is 0 Å². The van der Waals surface area contributed by atoms with E-state index in [0.29, 0.717) is 28.1 Å². The molecule has 1 aliphatic carbocycles. The van der Waals surface area contributed by atoms with Crippen molar-refractivity contribution >= 4 is 33.1 Å². The van der Waals surface area contributed by atoms with E-state index in [-0.39, 0.29) is 6.54 Å². The van der Waals surface area contributed by atoms with Gasteiger partial charge in [-0.15, -0.1) is 5.10 Å². The Hall–Kier alpha value is -1.87. The van der Waals surface area contributed by atoms with Crippen LogP contribution in [0.15, 0.2) is 16.6 Å². The lowest BCUT2D eigenvalue weighted by Gasteiger charge is -2.48. The normalized spacial score (nSPS) is 25.4. The zero-order valence-corrected chi connectivity index (χ0v) is 18.5. The van der Waals surface area contributed by atoms with Gasteiger partial charge in [0.15, 0.2) is 0 Å². The highest BCUT2D eigenvalue weighted by Gasteiger charge is 2.47. The van der Waals surface area contributed by atoms with E-state index >= 15 is 0 Å². The van der Waals surface area contributed by atoms with Gasteiger partial charge in [0, 0.05) is 13.1 Å². The topological polar surface area (TPSA) is 101 Å². The van der Waals surface area contributed by atoms with Gasteiger partial charge in [0.1, 0.15) is 17.4 Å². The Morgan fingerprint density at radius 1 is 1.31 bits per heavy atom. The monoisotopic (exact) mass is 466 g/mol. The van der Waals surface area contributed by atoms with Gasteiger partial charge in [0.2, 0.25) is 0 Å². The highest BCUT2D eigenvalue weighted by Crippen LogP contribution is 2.39. The first kappa shape index (κ1) is 20.4. The SMILES string of the molecule is CC(C)(C)C1C(Oc2ccc3c(nnn3CC3CC3)c2Br)C(O)CCN1C(=O)O. The molecule has 1 amide bonds. The molecule has 1 aromatic carbocycles. The number of hydrogen-bond acceptors (Lipinski definition) is 5. The van der Waals surface area contributed by atoms with Gasteiger partial charge in [-0.2, -0.15) is 0 Å². The van der Waals surface area contributed by atoms with Gasteiger partial charge >= 0.3 is 6.09 Å². The molecule has 29 heavy (non-hydrogen) atoms. The molecular weight excluding hydrogens is 440 g/mol. The number of nitrogens with zero attached hydrogens (tertiary/aromatic N) is 4. The number of aliphatic hydroxyl groups excluding tert-OH is 1. The van der Waals surface area contributed by atoms with E-state index in [1.165, 1.54) is 17.7 Å². The number of halogens is 1. The third kappa shape index (κ3) is 3.94. The predicted octanol–water partition coefficient (Wildman–Crippen LogP) is 3.51. The number of aromatic nitrogens is 3. The second-order valence-corrected chi connectivity index (χ2v) is 9.98. The summed E-state index contributed by atoms with van der Waals surface area (Å²) in [5, 5.41) is 28.9. The first-order valence-corrected chi connectivity index (χ1v) is 10.8. The average Bonchev–Trinajstić information content (AvgIpc) is 3.36. The molecule has 2 heterocycles. The summed E-state index contributed by atoms with van der Waals surface area (Å²) in [7, 11) is 0. The van der Waals surface area contributed by atoms with Crippen molar-refractivity contribution in [2.45, 2.75) is 64.8 Å². The fourth-order valence-electron chi connectivity index (χ4n) is 4.18. The largest absolute Gasteiger partial charge is 0.484 e. The lowest BCUT2D eigenvalue weighted by Crippen LogP contribution is -2.63. The van der Waals surface area contributed by atoms with Crippen LogP contribution in [0.1, 0.15) is 40.0 Å². The molecule has 158 valence electrons. The van der Waals surface area contributed by atoms with Gasteiger partial charge in [-0.25, -0.2) is 9.48 Å². The van der Waals surface area contributed by atoms with Gasteiger partial charge in [-0.1, -0.05) is 26.0 Å². The Kier molecular flexibility index (Phi) is 5.23. The number of ether oxygens (including phenoxy) is 1. The molecular formula is C20H27BrN4O4. The van der Waals surface area contributed by atoms with Crippen LogP contribution in [-0.4, -0.2) is 61.0 Å². The van der Waals surface area contributed by atoms with Crippen molar-refractivity contribution in [1.29, 1.82) is 0 Å². The van der Waals surface area contributed by atoms with Crippen molar-refractivity contribution in [3.05, 3.63) is 16.6 Å². The molecule has 0 bridgehead atoms. The zero-order valence-electron chi connectivity index (χ0n) is 16.9. The second-order valence-electron chi connectivity index (χ2n) is 9.19. The fourth-order valence-corrected chi connectivity index (χ4v) is 4.69. The predicted molar refractivity (Wildman–Crippen MR) is 111 cm³/mol. The number of piperidine rings is 1. The molecule has 2 fully saturated rings. The summed E-state index contributed by atoms with van der Waals surface area (Å²) in [6.45, 7) is 7.04. The van der Waals surface area contributed by atoms with Crippen LogP contribution < -0.4 is 4.74 Å². The molecule has 1 aliphatic heterocycles. The van der Waals surface area contributed by atoms with Crippen LogP contribution in [0, 0.1) is 11.3 Å². The maximum absolute atomic E-state index is 11.8. The number of hydrogen-bond donors (Lipinski definition) is 2. The lowest BCUT2D eigenvalue weighted by molar-refractivity contribution is -0.0857. The summed E-state index contributed by atoms with van der Waals surface area (Å²) in [6, 6.07) is 3.27. The molecule has 4 rings (SSSR count). The van der Waals surface area contributed by atoms with E-state index in [0.717, 1.165) is 12.1 Å². The minimum atomic E-state index is -0.997. The second kappa shape index (κ2) is 7.43. The van der Waals surface area contributed by atoms with E-state index in [9.17, 15) is 15.0 Å². The number of carboxylic acid groups (broad SMARTS) is 1. The van der Waals surface area contributed by atoms with Gasteiger partial charge in [-0.05, 0) is 58.7 Å². The number of benzene rings is 1. The Bertz CT molecular complexity index is 921.